The maximum atomic E-state index is 11.8. The third-order valence-corrected chi connectivity index (χ3v) is 2.69. The minimum atomic E-state index is -0.562. The summed E-state index contributed by atoms with van der Waals surface area (Å²) in [5.74, 6) is -0.885. The number of nitrogens with two attached hydrogens (primary N) is 2. The number of carbonyl (C=O) groups excluding carboxylic acids is 2. The quantitative estimate of drug-likeness (QED) is 0.540. The number of anilines is 2. The lowest BCUT2D eigenvalue weighted by Crippen LogP contribution is -2.36. The summed E-state index contributed by atoms with van der Waals surface area (Å²) in [5.41, 5.74) is 11.8. The van der Waals surface area contributed by atoms with Gasteiger partial charge in [0.15, 0.2) is 0 Å². The van der Waals surface area contributed by atoms with Crippen LogP contribution in [0.3, 0.4) is 0 Å². The van der Waals surface area contributed by atoms with Gasteiger partial charge in [-0.2, -0.15) is 0 Å². The molecule has 0 saturated carbocycles. The molecule has 0 aliphatic heterocycles. The highest BCUT2D eigenvalue weighted by atomic mass is 16.5. The number of nitrogens with one attached hydrogen (secondary N) is 1. The third kappa shape index (κ3) is 4.15. The van der Waals surface area contributed by atoms with Gasteiger partial charge in [-0.15, -0.1) is 0 Å². The number of ether oxygens (including phenoxy) is 1. The lowest BCUT2D eigenvalue weighted by atomic mass is 9.99. The van der Waals surface area contributed by atoms with Crippen molar-refractivity contribution < 1.29 is 14.3 Å². The van der Waals surface area contributed by atoms with E-state index >= 15 is 0 Å². The first kappa shape index (κ1) is 15.8. The Kier molecular flexibility index (Phi) is 4.96. The van der Waals surface area contributed by atoms with E-state index in [-0.39, 0.29) is 13.0 Å². The van der Waals surface area contributed by atoms with Gasteiger partial charge in [0.1, 0.15) is 0 Å². The van der Waals surface area contributed by atoms with Crippen molar-refractivity contribution in [2.75, 3.05) is 17.7 Å². The number of amides is 1. The lowest BCUT2D eigenvalue weighted by Gasteiger charge is -2.27. The first-order chi connectivity index (χ1) is 9.26. The molecule has 6 nitrogen and oxygen atoms in total. The molecule has 0 atom stereocenters. The molecule has 0 saturated heterocycles. The van der Waals surface area contributed by atoms with Crippen molar-refractivity contribution in [1.29, 1.82) is 0 Å². The molecule has 1 aromatic rings. The summed E-state index contributed by atoms with van der Waals surface area (Å²) in [6.45, 7) is 5.66. The molecule has 1 rings (SSSR count). The molecular weight excluding hydrogens is 258 g/mol. The van der Waals surface area contributed by atoms with Gasteiger partial charge in [-0.05, 0) is 32.9 Å². The van der Waals surface area contributed by atoms with Gasteiger partial charge in [0.2, 0.25) is 5.91 Å². The standard InChI is InChI=1S/C14H21N3O3/c1-4-20-13(19)9-6-5-7-10(12(9)16)17-14(2,3)8-11(15)18/h5-7,17H,4,8,16H2,1-3H3,(H2,15,18). The fraction of sp³-hybridized carbons (Fsp3) is 0.429. The van der Waals surface area contributed by atoms with Gasteiger partial charge in [-0.3, -0.25) is 4.79 Å². The summed E-state index contributed by atoms with van der Waals surface area (Å²) < 4.78 is 4.94. The summed E-state index contributed by atoms with van der Waals surface area (Å²) >= 11 is 0. The normalized spacial score (nSPS) is 10.9. The highest BCUT2D eigenvalue weighted by molar-refractivity contribution is 5.98. The number of primary amides is 1. The van der Waals surface area contributed by atoms with Crippen LogP contribution in [0.5, 0.6) is 0 Å². The largest absolute Gasteiger partial charge is 0.462 e. The average molecular weight is 279 g/mol. The Bertz CT molecular complexity index is 512. The monoisotopic (exact) mass is 279 g/mol. The second-order valence-corrected chi connectivity index (χ2v) is 5.14. The Hall–Kier alpha value is -2.24. The van der Waals surface area contributed by atoms with Crippen LogP contribution in [0, 0.1) is 0 Å². The first-order valence-electron chi connectivity index (χ1n) is 6.39. The number of esters is 1. The number of hydrogen-bond acceptors (Lipinski definition) is 5. The Balaban J connectivity index is 3.00. The minimum Gasteiger partial charge on any atom is -0.462 e. The molecule has 0 fully saturated rings. The molecule has 1 aromatic carbocycles. The number of carbonyl (C=O) groups is 2. The van der Waals surface area contributed by atoms with E-state index in [4.69, 9.17) is 16.2 Å². The molecule has 0 aliphatic rings. The van der Waals surface area contributed by atoms with E-state index in [1.807, 2.05) is 13.8 Å². The molecule has 0 bridgehead atoms. The van der Waals surface area contributed by atoms with Crippen LogP contribution in [-0.4, -0.2) is 24.0 Å². The average Bonchev–Trinajstić information content (AvgIpc) is 2.30. The summed E-state index contributed by atoms with van der Waals surface area (Å²) in [5, 5.41) is 3.12. The van der Waals surface area contributed by atoms with Crippen molar-refractivity contribution in [3.63, 3.8) is 0 Å². The molecule has 110 valence electrons. The van der Waals surface area contributed by atoms with Crippen molar-refractivity contribution in [2.45, 2.75) is 32.7 Å². The topological polar surface area (TPSA) is 107 Å². The third-order valence-electron chi connectivity index (χ3n) is 2.69. The molecule has 0 heterocycles. The van der Waals surface area contributed by atoms with Gasteiger partial charge in [-0.25, -0.2) is 4.79 Å². The number of benzene rings is 1. The van der Waals surface area contributed by atoms with Crippen molar-refractivity contribution in [1.82, 2.24) is 0 Å². The summed E-state index contributed by atoms with van der Waals surface area (Å²) in [6.07, 6.45) is 0.149. The predicted octanol–water partition coefficient (Wildman–Crippen LogP) is 1.51. The molecule has 0 radical (unpaired) electrons. The van der Waals surface area contributed by atoms with E-state index in [0.717, 1.165) is 0 Å². The van der Waals surface area contributed by atoms with Crippen molar-refractivity contribution in [3.05, 3.63) is 23.8 Å². The molecule has 0 unspecified atom stereocenters. The van der Waals surface area contributed by atoms with Crippen LogP contribution in [-0.2, 0) is 9.53 Å². The number of hydrogen-bond donors (Lipinski definition) is 3. The van der Waals surface area contributed by atoms with Crippen LogP contribution >= 0.6 is 0 Å². The molecule has 6 heteroatoms. The SMILES string of the molecule is CCOC(=O)c1cccc(NC(C)(C)CC(N)=O)c1N. The summed E-state index contributed by atoms with van der Waals surface area (Å²) in [4.78, 5) is 22.8. The van der Waals surface area contributed by atoms with Gasteiger partial charge < -0.3 is 21.5 Å². The molecule has 0 aliphatic carbocycles. The van der Waals surface area contributed by atoms with E-state index in [2.05, 4.69) is 5.32 Å². The highest BCUT2D eigenvalue weighted by Gasteiger charge is 2.22. The molecular formula is C14H21N3O3. The van der Waals surface area contributed by atoms with Crippen molar-refractivity contribution in [3.8, 4) is 0 Å². The van der Waals surface area contributed by atoms with Gasteiger partial charge in [0, 0.05) is 12.0 Å². The number of nitrogen functional groups attached to an aromatic ring is 1. The van der Waals surface area contributed by atoms with E-state index in [9.17, 15) is 9.59 Å². The highest BCUT2D eigenvalue weighted by Crippen LogP contribution is 2.27. The van der Waals surface area contributed by atoms with Crippen LogP contribution < -0.4 is 16.8 Å². The second kappa shape index (κ2) is 6.27. The van der Waals surface area contributed by atoms with Crippen LogP contribution in [0.25, 0.3) is 0 Å². The summed E-state index contributed by atoms with van der Waals surface area (Å²) in [7, 11) is 0. The van der Waals surface area contributed by atoms with Crippen LogP contribution in [0.2, 0.25) is 0 Å². The Labute approximate surface area is 118 Å². The predicted molar refractivity (Wildman–Crippen MR) is 78.3 cm³/mol. The first-order valence-corrected chi connectivity index (χ1v) is 6.39. The molecule has 20 heavy (non-hydrogen) atoms. The van der Waals surface area contributed by atoms with Crippen LogP contribution in [0.15, 0.2) is 18.2 Å². The van der Waals surface area contributed by atoms with Crippen LogP contribution in [0.4, 0.5) is 11.4 Å². The van der Waals surface area contributed by atoms with Crippen LogP contribution in [0.1, 0.15) is 37.6 Å². The number of para-hydroxylation sites is 1. The van der Waals surface area contributed by atoms with E-state index < -0.39 is 17.4 Å². The van der Waals surface area contributed by atoms with E-state index in [1.54, 1.807) is 25.1 Å². The van der Waals surface area contributed by atoms with Gasteiger partial charge in [0.05, 0.1) is 23.5 Å². The zero-order chi connectivity index (χ0) is 15.3. The molecule has 5 N–H and O–H groups in total. The molecule has 0 spiro atoms. The van der Waals surface area contributed by atoms with Gasteiger partial charge in [0.25, 0.3) is 0 Å². The van der Waals surface area contributed by atoms with Gasteiger partial charge in [-0.1, -0.05) is 6.07 Å². The Morgan fingerprint density at radius 3 is 2.55 bits per heavy atom. The number of rotatable bonds is 6. The fourth-order valence-electron chi connectivity index (χ4n) is 1.91. The van der Waals surface area contributed by atoms with E-state index in [0.29, 0.717) is 16.9 Å². The maximum Gasteiger partial charge on any atom is 0.340 e. The maximum absolute atomic E-state index is 11.8. The van der Waals surface area contributed by atoms with Crippen molar-refractivity contribution >= 4 is 23.3 Å². The molecule has 1 amide bonds. The fourth-order valence-corrected chi connectivity index (χ4v) is 1.91. The second-order valence-electron chi connectivity index (χ2n) is 5.14. The Morgan fingerprint density at radius 1 is 1.35 bits per heavy atom. The van der Waals surface area contributed by atoms with E-state index in [1.165, 1.54) is 0 Å². The van der Waals surface area contributed by atoms with Gasteiger partial charge >= 0.3 is 5.97 Å². The minimum absolute atomic E-state index is 0.149. The lowest BCUT2D eigenvalue weighted by molar-refractivity contribution is -0.118. The Morgan fingerprint density at radius 2 is 2.00 bits per heavy atom. The zero-order valence-electron chi connectivity index (χ0n) is 12.0. The summed E-state index contributed by atoms with van der Waals surface area (Å²) in [6, 6.07) is 5.03. The molecule has 0 aromatic heterocycles. The smallest absolute Gasteiger partial charge is 0.340 e. The van der Waals surface area contributed by atoms with Crippen molar-refractivity contribution in [2.24, 2.45) is 5.73 Å². The zero-order valence-corrected chi connectivity index (χ0v) is 12.0.